The fourth-order valence-electron chi connectivity index (χ4n) is 2.28. The Bertz CT molecular complexity index is 333. The molecule has 1 heterocycles. The molecule has 94 valence electrons. The molecule has 17 heavy (non-hydrogen) atoms. The van der Waals surface area contributed by atoms with Crippen LogP contribution >= 0.6 is 11.8 Å². The van der Waals surface area contributed by atoms with Gasteiger partial charge >= 0.3 is 0 Å². The van der Waals surface area contributed by atoms with Crippen molar-refractivity contribution in [1.82, 2.24) is 4.90 Å². The summed E-state index contributed by atoms with van der Waals surface area (Å²) in [6.07, 6.45) is 3.67. The Morgan fingerprint density at radius 3 is 2.94 bits per heavy atom. The number of thioether (sulfide) groups is 1. The highest BCUT2D eigenvalue weighted by atomic mass is 32.2. The molecule has 0 saturated carbocycles. The van der Waals surface area contributed by atoms with E-state index in [0.29, 0.717) is 0 Å². The Morgan fingerprint density at radius 1 is 1.18 bits per heavy atom. The first-order valence-corrected chi connectivity index (χ1v) is 7.65. The van der Waals surface area contributed by atoms with Crippen LogP contribution < -0.4 is 5.73 Å². The molecule has 2 N–H and O–H groups in total. The molecule has 1 fully saturated rings. The molecule has 1 aliphatic rings. The van der Waals surface area contributed by atoms with Crippen molar-refractivity contribution in [3.8, 4) is 0 Å². The monoisotopic (exact) mass is 250 g/mol. The third kappa shape index (κ3) is 4.25. The van der Waals surface area contributed by atoms with Gasteiger partial charge < -0.3 is 10.6 Å². The number of rotatable bonds is 4. The van der Waals surface area contributed by atoms with E-state index in [1.54, 1.807) is 0 Å². The molecule has 0 aromatic heterocycles. The Morgan fingerprint density at radius 2 is 2.06 bits per heavy atom. The first-order chi connectivity index (χ1) is 8.36. The number of nitrogen functional groups attached to an aromatic ring is 1. The van der Waals surface area contributed by atoms with Crippen molar-refractivity contribution in [2.75, 3.05) is 36.9 Å². The summed E-state index contributed by atoms with van der Waals surface area (Å²) in [4.78, 5) is 2.60. The van der Waals surface area contributed by atoms with E-state index in [0.717, 1.165) is 12.1 Å². The Labute approximate surface area is 109 Å². The topological polar surface area (TPSA) is 29.3 Å². The number of aryl methyl sites for hydroxylation is 1. The van der Waals surface area contributed by atoms with Crippen LogP contribution in [0.25, 0.3) is 0 Å². The molecule has 3 heteroatoms. The van der Waals surface area contributed by atoms with E-state index < -0.39 is 0 Å². The van der Waals surface area contributed by atoms with Crippen LogP contribution in [0, 0.1) is 0 Å². The Balaban J connectivity index is 1.73. The summed E-state index contributed by atoms with van der Waals surface area (Å²) in [7, 11) is 0. The Hall–Kier alpha value is -0.670. The minimum absolute atomic E-state index is 0.943. The van der Waals surface area contributed by atoms with Crippen LogP contribution in [-0.4, -0.2) is 36.0 Å². The zero-order valence-electron chi connectivity index (χ0n) is 10.4. The van der Waals surface area contributed by atoms with Gasteiger partial charge in [0.05, 0.1) is 0 Å². The predicted molar refractivity (Wildman–Crippen MR) is 77.6 cm³/mol. The largest absolute Gasteiger partial charge is 0.399 e. The van der Waals surface area contributed by atoms with Gasteiger partial charge in [-0.25, -0.2) is 0 Å². The van der Waals surface area contributed by atoms with Gasteiger partial charge in [-0.1, -0.05) is 18.2 Å². The molecule has 0 radical (unpaired) electrons. The summed E-state index contributed by atoms with van der Waals surface area (Å²) in [6, 6.07) is 8.23. The third-order valence-electron chi connectivity index (χ3n) is 3.29. The number of benzene rings is 1. The van der Waals surface area contributed by atoms with Crippen LogP contribution in [0.4, 0.5) is 5.69 Å². The Kier molecular flexibility index (Phi) is 5.20. The van der Waals surface area contributed by atoms with Gasteiger partial charge in [-0.05, 0) is 49.7 Å². The molecule has 1 aromatic carbocycles. The summed E-state index contributed by atoms with van der Waals surface area (Å²) in [5, 5.41) is 0. The highest BCUT2D eigenvalue weighted by Crippen LogP contribution is 2.14. The second-order valence-corrected chi connectivity index (χ2v) is 5.83. The lowest BCUT2D eigenvalue weighted by atomic mass is 10.1. The van der Waals surface area contributed by atoms with Crippen molar-refractivity contribution in [3.63, 3.8) is 0 Å². The van der Waals surface area contributed by atoms with E-state index >= 15 is 0 Å². The van der Waals surface area contributed by atoms with Crippen molar-refractivity contribution in [1.29, 1.82) is 0 Å². The first-order valence-electron chi connectivity index (χ1n) is 6.50. The number of nitrogens with zero attached hydrogens (tertiary/aromatic N) is 1. The minimum atomic E-state index is 0.943. The lowest BCUT2D eigenvalue weighted by Crippen LogP contribution is -2.27. The van der Waals surface area contributed by atoms with Gasteiger partial charge in [0.2, 0.25) is 0 Å². The molecule has 0 aliphatic carbocycles. The molecule has 0 amide bonds. The van der Waals surface area contributed by atoms with Gasteiger partial charge in [-0.3, -0.25) is 0 Å². The summed E-state index contributed by atoms with van der Waals surface area (Å²) >= 11 is 2.09. The van der Waals surface area contributed by atoms with Crippen molar-refractivity contribution in [3.05, 3.63) is 29.8 Å². The van der Waals surface area contributed by atoms with Gasteiger partial charge in [0.15, 0.2) is 0 Å². The molecule has 0 unspecified atom stereocenters. The van der Waals surface area contributed by atoms with E-state index in [-0.39, 0.29) is 0 Å². The normalized spacial score (nSPS) is 17.9. The van der Waals surface area contributed by atoms with Crippen molar-refractivity contribution < 1.29 is 0 Å². The highest BCUT2D eigenvalue weighted by Gasteiger charge is 2.08. The molecule has 0 spiro atoms. The molecular weight excluding hydrogens is 228 g/mol. The summed E-state index contributed by atoms with van der Waals surface area (Å²) in [5.74, 6) is 2.63. The van der Waals surface area contributed by atoms with E-state index in [2.05, 4.69) is 28.8 Å². The molecule has 1 aromatic rings. The fraction of sp³-hybridized carbons (Fsp3) is 0.571. The van der Waals surface area contributed by atoms with Gasteiger partial charge in [0.1, 0.15) is 0 Å². The number of nitrogens with two attached hydrogens (primary N) is 1. The quantitative estimate of drug-likeness (QED) is 0.833. The van der Waals surface area contributed by atoms with E-state index in [4.69, 9.17) is 5.73 Å². The lowest BCUT2D eigenvalue weighted by molar-refractivity contribution is 0.292. The predicted octanol–water partition coefficient (Wildman–Crippen LogP) is 2.64. The van der Waals surface area contributed by atoms with Gasteiger partial charge in [-0.15, -0.1) is 0 Å². The lowest BCUT2D eigenvalue weighted by Gasteiger charge is -2.19. The van der Waals surface area contributed by atoms with E-state index in [1.165, 1.54) is 49.5 Å². The third-order valence-corrected chi connectivity index (χ3v) is 4.34. The van der Waals surface area contributed by atoms with Gasteiger partial charge in [0.25, 0.3) is 0 Å². The van der Waals surface area contributed by atoms with Crippen LogP contribution in [0.3, 0.4) is 0 Å². The first kappa shape index (κ1) is 12.8. The van der Waals surface area contributed by atoms with E-state index in [9.17, 15) is 0 Å². The molecular formula is C14H22N2S. The molecule has 1 aliphatic heterocycles. The number of hydrogen-bond acceptors (Lipinski definition) is 3. The number of para-hydroxylation sites is 1. The maximum atomic E-state index is 5.95. The highest BCUT2D eigenvalue weighted by molar-refractivity contribution is 7.99. The summed E-state index contributed by atoms with van der Waals surface area (Å²) in [5.41, 5.74) is 8.19. The van der Waals surface area contributed by atoms with Crippen LogP contribution in [-0.2, 0) is 6.42 Å². The summed E-state index contributed by atoms with van der Waals surface area (Å²) < 4.78 is 0. The van der Waals surface area contributed by atoms with E-state index in [1.807, 2.05) is 12.1 Å². The number of hydrogen-bond donors (Lipinski definition) is 1. The molecule has 2 nitrogen and oxygen atoms in total. The number of anilines is 1. The SMILES string of the molecule is Nc1ccccc1CCCN1CCCSCC1. The second-order valence-electron chi connectivity index (χ2n) is 4.61. The van der Waals surface area contributed by atoms with Crippen molar-refractivity contribution in [2.24, 2.45) is 0 Å². The minimum Gasteiger partial charge on any atom is -0.399 e. The summed E-state index contributed by atoms with van der Waals surface area (Å²) in [6.45, 7) is 3.75. The van der Waals surface area contributed by atoms with Crippen LogP contribution in [0.5, 0.6) is 0 Å². The fourth-order valence-corrected chi connectivity index (χ4v) is 3.20. The van der Waals surface area contributed by atoms with Crippen LogP contribution in [0.15, 0.2) is 24.3 Å². The van der Waals surface area contributed by atoms with Crippen molar-refractivity contribution >= 4 is 17.4 Å². The molecule has 1 saturated heterocycles. The molecule has 2 rings (SSSR count). The average molecular weight is 250 g/mol. The zero-order valence-corrected chi connectivity index (χ0v) is 11.2. The smallest absolute Gasteiger partial charge is 0.0346 e. The van der Waals surface area contributed by atoms with Crippen LogP contribution in [0.1, 0.15) is 18.4 Å². The maximum Gasteiger partial charge on any atom is 0.0346 e. The molecule has 0 atom stereocenters. The standard InChI is InChI=1S/C14H22N2S/c15-14-7-2-1-5-13(14)6-3-8-16-9-4-11-17-12-10-16/h1-2,5,7H,3-4,6,8-12,15H2. The van der Waals surface area contributed by atoms with Gasteiger partial charge in [-0.2, -0.15) is 11.8 Å². The molecule has 0 bridgehead atoms. The van der Waals surface area contributed by atoms with Crippen molar-refractivity contribution in [2.45, 2.75) is 19.3 Å². The average Bonchev–Trinajstić information content (AvgIpc) is 2.60. The zero-order chi connectivity index (χ0) is 11.9. The second kappa shape index (κ2) is 6.92. The van der Waals surface area contributed by atoms with Crippen LogP contribution in [0.2, 0.25) is 0 Å². The van der Waals surface area contributed by atoms with Gasteiger partial charge in [0, 0.05) is 18.0 Å². The maximum absolute atomic E-state index is 5.95.